The van der Waals surface area contributed by atoms with E-state index in [9.17, 15) is 10.2 Å². The third-order valence-electron chi connectivity index (χ3n) is 2.66. The van der Waals surface area contributed by atoms with Crippen LogP contribution in [0.15, 0.2) is 6.33 Å². The van der Waals surface area contributed by atoms with Gasteiger partial charge < -0.3 is 20.8 Å². The normalized spacial score (nSPS) is 25.9. The van der Waals surface area contributed by atoms with E-state index in [0.717, 1.165) is 5.56 Å². The van der Waals surface area contributed by atoms with Crippen molar-refractivity contribution in [3.8, 4) is 0 Å². The Morgan fingerprint density at radius 3 is 2.53 bits per heavy atom. The lowest BCUT2D eigenvalue weighted by molar-refractivity contribution is 0.0572. The van der Waals surface area contributed by atoms with E-state index in [2.05, 4.69) is 9.97 Å². The van der Waals surface area contributed by atoms with Crippen molar-refractivity contribution in [1.82, 2.24) is 9.97 Å². The minimum absolute atomic E-state index is 0.373. The molecule has 1 aromatic rings. The fraction of sp³-hybridized carbons (Fsp3) is 0.556. The summed E-state index contributed by atoms with van der Waals surface area (Å²) in [6, 6.07) is 0. The Kier molecular flexibility index (Phi) is 2.45. The molecule has 0 bridgehead atoms. The number of nitrogens with two attached hydrogens (primary N) is 1. The van der Waals surface area contributed by atoms with Crippen molar-refractivity contribution in [3.05, 3.63) is 11.9 Å². The summed E-state index contributed by atoms with van der Waals surface area (Å²) in [5, 5.41) is 18.8. The standard InChI is InChI=1S/C9H14N4O2/c1-5-8(10)11-4-12-9(5)13-2-6(14)7(15)3-13/h4,6-7,14-15H,2-3H2,1H3,(H2,10,11,12). The van der Waals surface area contributed by atoms with Crippen LogP contribution in [0.5, 0.6) is 0 Å². The average Bonchev–Trinajstić information content (AvgIpc) is 2.51. The zero-order valence-corrected chi connectivity index (χ0v) is 8.46. The first-order valence-electron chi connectivity index (χ1n) is 4.77. The van der Waals surface area contributed by atoms with Crippen LogP contribution in [0, 0.1) is 6.92 Å². The van der Waals surface area contributed by atoms with Gasteiger partial charge in [0.2, 0.25) is 0 Å². The molecule has 2 unspecified atom stereocenters. The Labute approximate surface area is 87.4 Å². The van der Waals surface area contributed by atoms with Crippen LogP contribution in [-0.4, -0.2) is 45.5 Å². The van der Waals surface area contributed by atoms with Crippen LogP contribution in [0.2, 0.25) is 0 Å². The van der Waals surface area contributed by atoms with Crippen LogP contribution in [0.4, 0.5) is 11.6 Å². The Hall–Kier alpha value is -1.40. The Morgan fingerprint density at radius 2 is 1.93 bits per heavy atom. The highest BCUT2D eigenvalue weighted by molar-refractivity contribution is 5.56. The minimum atomic E-state index is -0.722. The van der Waals surface area contributed by atoms with E-state index < -0.39 is 12.2 Å². The van der Waals surface area contributed by atoms with Gasteiger partial charge in [-0.2, -0.15) is 0 Å². The van der Waals surface area contributed by atoms with Crippen molar-refractivity contribution in [2.24, 2.45) is 0 Å². The molecule has 4 N–H and O–H groups in total. The fourth-order valence-electron chi connectivity index (χ4n) is 1.72. The fourth-order valence-corrected chi connectivity index (χ4v) is 1.72. The van der Waals surface area contributed by atoms with Crippen LogP contribution in [-0.2, 0) is 0 Å². The average molecular weight is 210 g/mol. The van der Waals surface area contributed by atoms with Crippen molar-refractivity contribution in [1.29, 1.82) is 0 Å². The van der Waals surface area contributed by atoms with Crippen molar-refractivity contribution in [2.45, 2.75) is 19.1 Å². The van der Waals surface area contributed by atoms with Gasteiger partial charge in [-0.25, -0.2) is 9.97 Å². The molecule has 1 aromatic heterocycles. The van der Waals surface area contributed by atoms with E-state index in [-0.39, 0.29) is 0 Å². The molecule has 2 atom stereocenters. The van der Waals surface area contributed by atoms with Gasteiger partial charge in [0.25, 0.3) is 0 Å². The van der Waals surface area contributed by atoms with Gasteiger partial charge in [0.15, 0.2) is 0 Å². The number of aromatic nitrogens is 2. The Morgan fingerprint density at radius 1 is 1.33 bits per heavy atom. The van der Waals surface area contributed by atoms with Gasteiger partial charge in [0.1, 0.15) is 18.0 Å². The summed E-state index contributed by atoms with van der Waals surface area (Å²) in [5.74, 6) is 1.11. The topological polar surface area (TPSA) is 95.5 Å². The number of hydrogen-bond donors (Lipinski definition) is 3. The van der Waals surface area contributed by atoms with Gasteiger partial charge in [0.05, 0.1) is 12.2 Å². The van der Waals surface area contributed by atoms with Crippen molar-refractivity contribution in [2.75, 3.05) is 23.7 Å². The first-order valence-corrected chi connectivity index (χ1v) is 4.77. The zero-order chi connectivity index (χ0) is 11.0. The van der Waals surface area contributed by atoms with E-state index in [1.807, 2.05) is 11.8 Å². The molecule has 0 spiro atoms. The first kappa shape index (κ1) is 10.1. The van der Waals surface area contributed by atoms with E-state index >= 15 is 0 Å². The molecule has 15 heavy (non-hydrogen) atoms. The van der Waals surface area contributed by atoms with Crippen molar-refractivity contribution in [3.63, 3.8) is 0 Å². The molecule has 1 saturated heterocycles. The summed E-state index contributed by atoms with van der Waals surface area (Å²) in [6.45, 7) is 2.57. The molecule has 0 radical (unpaired) electrons. The van der Waals surface area contributed by atoms with E-state index in [1.165, 1.54) is 6.33 Å². The molecule has 1 aliphatic rings. The summed E-state index contributed by atoms with van der Waals surface area (Å²) in [4.78, 5) is 9.77. The van der Waals surface area contributed by atoms with Gasteiger partial charge in [-0.3, -0.25) is 0 Å². The number of hydrogen-bond acceptors (Lipinski definition) is 6. The van der Waals surface area contributed by atoms with Gasteiger partial charge in [0, 0.05) is 18.7 Å². The maximum Gasteiger partial charge on any atom is 0.137 e. The molecule has 0 aliphatic carbocycles. The molecule has 82 valence electrons. The second-order valence-electron chi connectivity index (χ2n) is 3.75. The maximum atomic E-state index is 9.42. The largest absolute Gasteiger partial charge is 0.389 e. The monoisotopic (exact) mass is 210 g/mol. The SMILES string of the molecule is Cc1c(N)ncnc1N1CC(O)C(O)C1. The van der Waals surface area contributed by atoms with E-state index in [4.69, 9.17) is 5.73 Å². The lowest BCUT2D eigenvalue weighted by atomic mass is 10.3. The lowest BCUT2D eigenvalue weighted by Crippen LogP contribution is -2.23. The summed E-state index contributed by atoms with van der Waals surface area (Å²) in [5.41, 5.74) is 6.43. The number of anilines is 2. The molecule has 2 rings (SSSR count). The number of aliphatic hydroxyl groups excluding tert-OH is 2. The number of aliphatic hydroxyl groups is 2. The summed E-state index contributed by atoms with van der Waals surface area (Å²) in [7, 11) is 0. The van der Waals surface area contributed by atoms with Crippen LogP contribution in [0.25, 0.3) is 0 Å². The second-order valence-corrected chi connectivity index (χ2v) is 3.75. The molecule has 2 heterocycles. The second kappa shape index (κ2) is 3.63. The van der Waals surface area contributed by atoms with Crippen LogP contribution in [0.1, 0.15) is 5.56 Å². The third kappa shape index (κ3) is 1.73. The number of nitrogens with zero attached hydrogens (tertiary/aromatic N) is 3. The zero-order valence-electron chi connectivity index (χ0n) is 8.46. The molecule has 6 nitrogen and oxygen atoms in total. The highest BCUT2D eigenvalue weighted by atomic mass is 16.3. The summed E-state index contributed by atoms with van der Waals surface area (Å²) >= 11 is 0. The van der Waals surface area contributed by atoms with Crippen LogP contribution >= 0.6 is 0 Å². The molecule has 0 amide bonds. The quantitative estimate of drug-likeness (QED) is 0.545. The van der Waals surface area contributed by atoms with Gasteiger partial charge in [-0.1, -0.05) is 0 Å². The van der Waals surface area contributed by atoms with E-state index in [0.29, 0.717) is 24.7 Å². The van der Waals surface area contributed by atoms with Gasteiger partial charge in [-0.15, -0.1) is 0 Å². The van der Waals surface area contributed by atoms with Crippen LogP contribution < -0.4 is 10.6 Å². The molecular weight excluding hydrogens is 196 g/mol. The molecule has 1 aliphatic heterocycles. The smallest absolute Gasteiger partial charge is 0.137 e. The van der Waals surface area contributed by atoms with Crippen molar-refractivity contribution >= 4 is 11.6 Å². The molecule has 0 aromatic carbocycles. The Balaban J connectivity index is 2.27. The summed E-state index contributed by atoms with van der Waals surface area (Å²) < 4.78 is 0. The first-order chi connectivity index (χ1) is 7.09. The molecule has 6 heteroatoms. The molecule has 0 saturated carbocycles. The lowest BCUT2D eigenvalue weighted by Gasteiger charge is -2.18. The highest BCUT2D eigenvalue weighted by Gasteiger charge is 2.31. The number of nitrogen functional groups attached to an aromatic ring is 1. The van der Waals surface area contributed by atoms with Crippen LogP contribution in [0.3, 0.4) is 0 Å². The molecule has 1 fully saturated rings. The number of rotatable bonds is 1. The van der Waals surface area contributed by atoms with Gasteiger partial charge >= 0.3 is 0 Å². The molecular formula is C9H14N4O2. The third-order valence-corrected chi connectivity index (χ3v) is 2.66. The van der Waals surface area contributed by atoms with Gasteiger partial charge in [-0.05, 0) is 6.92 Å². The number of β-amino-alcohol motifs (C(OH)–C–C–N with tert-alkyl or cyclic N) is 2. The minimum Gasteiger partial charge on any atom is -0.389 e. The highest BCUT2D eigenvalue weighted by Crippen LogP contribution is 2.23. The van der Waals surface area contributed by atoms with E-state index in [1.54, 1.807) is 0 Å². The van der Waals surface area contributed by atoms with Crippen molar-refractivity contribution < 1.29 is 10.2 Å². The predicted octanol–water partition coefficient (Wildman–Crippen LogP) is -1.09. The summed E-state index contributed by atoms with van der Waals surface area (Å²) in [6.07, 6.45) is -0.0597. The Bertz CT molecular complexity index is 361. The maximum absolute atomic E-state index is 9.42. The predicted molar refractivity (Wildman–Crippen MR) is 55.4 cm³/mol.